The van der Waals surface area contributed by atoms with E-state index in [9.17, 15) is 0 Å². The fraction of sp³-hybridized carbons (Fsp3) is 0.786. The van der Waals surface area contributed by atoms with Crippen molar-refractivity contribution < 1.29 is 4.74 Å². The summed E-state index contributed by atoms with van der Waals surface area (Å²) in [5.74, 6) is 0. The molecule has 5 heteroatoms. The van der Waals surface area contributed by atoms with Crippen molar-refractivity contribution in [2.75, 3.05) is 31.6 Å². The number of ether oxygens (including phenoxy) is 1. The van der Waals surface area contributed by atoms with Crippen LogP contribution in [0.2, 0.25) is 0 Å². The van der Waals surface area contributed by atoms with Crippen molar-refractivity contribution in [3.05, 3.63) is 10.6 Å². The van der Waals surface area contributed by atoms with Crippen LogP contribution in [-0.4, -0.2) is 37.8 Å². The van der Waals surface area contributed by atoms with E-state index in [0.717, 1.165) is 26.1 Å². The summed E-state index contributed by atoms with van der Waals surface area (Å²) < 4.78 is 5.45. The molecule has 0 aromatic carbocycles. The molecule has 2 unspecified atom stereocenters. The summed E-state index contributed by atoms with van der Waals surface area (Å²) in [6.45, 7) is 5.27. The van der Waals surface area contributed by atoms with Crippen molar-refractivity contribution >= 4 is 16.5 Å². The number of nitrogens with one attached hydrogen (secondary N) is 1. The number of thiazole rings is 1. The summed E-state index contributed by atoms with van der Waals surface area (Å²) in [7, 11) is 1.81. The predicted octanol–water partition coefficient (Wildman–Crippen LogP) is 2.36. The molecule has 1 fully saturated rings. The Bertz CT molecular complexity index is 434. The second-order valence-corrected chi connectivity index (χ2v) is 6.46. The maximum Gasteiger partial charge on any atom is 0.185 e. The Morgan fingerprint density at radius 3 is 3.11 bits per heavy atom. The van der Waals surface area contributed by atoms with Crippen LogP contribution >= 0.6 is 11.3 Å². The van der Waals surface area contributed by atoms with Gasteiger partial charge in [0, 0.05) is 25.1 Å². The van der Waals surface area contributed by atoms with Gasteiger partial charge in [0.15, 0.2) is 5.13 Å². The molecule has 1 aromatic rings. The number of nitrogens with zero attached hydrogens (tertiary/aromatic N) is 2. The third kappa shape index (κ3) is 2.64. The Morgan fingerprint density at radius 2 is 2.37 bits per heavy atom. The van der Waals surface area contributed by atoms with E-state index < -0.39 is 0 Å². The number of rotatable bonds is 4. The lowest BCUT2D eigenvalue weighted by Gasteiger charge is -2.21. The van der Waals surface area contributed by atoms with Gasteiger partial charge in [0.2, 0.25) is 0 Å². The van der Waals surface area contributed by atoms with Gasteiger partial charge in [-0.05, 0) is 32.2 Å². The lowest BCUT2D eigenvalue weighted by Crippen LogP contribution is -2.25. The summed E-state index contributed by atoms with van der Waals surface area (Å²) in [5, 5.41) is 4.77. The maximum atomic E-state index is 5.45. The molecular formula is C14H23N3OS. The molecule has 2 heterocycles. The molecular weight excluding hydrogens is 258 g/mol. The van der Waals surface area contributed by atoms with Crippen LogP contribution in [0.4, 0.5) is 5.13 Å². The van der Waals surface area contributed by atoms with E-state index in [0.29, 0.717) is 12.1 Å². The summed E-state index contributed by atoms with van der Waals surface area (Å²) in [4.78, 5) is 8.81. The zero-order valence-corrected chi connectivity index (χ0v) is 12.6. The highest BCUT2D eigenvalue weighted by Gasteiger charge is 2.29. The fourth-order valence-corrected chi connectivity index (χ4v) is 4.28. The Morgan fingerprint density at radius 1 is 1.47 bits per heavy atom. The minimum Gasteiger partial charge on any atom is -0.380 e. The third-order valence-corrected chi connectivity index (χ3v) is 5.33. The van der Waals surface area contributed by atoms with Gasteiger partial charge in [-0.15, -0.1) is 11.3 Å². The normalized spacial score (nSPS) is 26.7. The molecule has 1 N–H and O–H groups in total. The number of aryl methyl sites for hydroxylation is 1. The highest BCUT2D eigenvalue weighted by molar-refractivity contribution is 7.15. The Hall–Kier alpha value is -0.650. The van der Waals surface area contributed by atoms with Gasteiger partial charge in [-0.25, -0.2) is 4.98 Å². The molecule has 0 saturated carbocycles. The largest absolute Gasteiger partial charge is 0.380 e. The molecule has 1 saturated heterocycles. The Balaban J connectivity index is 1.78. The first-order chi connectivity index (χ1) is 9.31. The minimum atomic E-state index is 0.380. The second-order valence-electron chi connectivity index (χ2n) is 5.40. The van der Waals surface area contributed by atoms with Crippen molar-refractivity contribution in [2.45, 2.75) is 44.8 Å². The number of hydrogen-bond donors (Lipinski definition) is 1. The fourth-order valence-electron chi connectivity index (χ4n) is 3.08. The summed E-state index contributed by atoms with van der Waals surface area (Å²) >= 11 is 1.89. The van der Waals surface area contributed by atoms with Crippen molar-refractivity contribution in [3.63, 3.8) is 0 Å². The summed E-state index contributed by atoms with van der Waals surface area (Å²) in [6.07, 6.45) is 5.22. The van der Waals surface area contributed by atoms with Crippen LogP contribution in [0.5, 0.6) is 0 Å². The van der Waals surface area contributed by atoms with Gasteiger partial charge in [0.25, 0.3) is 0 Å². The van der Waals surface area contributed by atoms with Crippen molar-refractivity contribution in [1.82, 2.24) is 10.3 Å². The summed E-state index contributed by atoms with van der Waals surface area (Å²) in [6, 6.07) is 0.472. The van der Waals surface area contributed by atoms with E-state index in [4.69, 9.17) is 9.72 Å². The van der Waals surface area contributed by atoms with Crippen LogP contribution in [0.25, 0.3) is 0 Å². The van der Waals surface area contributed by atoms with Crippen molar-refractivity contribution in [2.24, 2.45) is 0 Å². The van der Waals surface area contributed by atoms with Crippen molar-refractivity contribution in [1.29, 1.82) is 0 Å². The van der Waals surface area contributed by atoms with Crippen molar-refractivity contribution in [3.8, 4) is 0 Å². The van der Waals surface area contributed by atoms with Crippen LogP contribution in [0.15, 0.2) is 0 Å². The van der Waals surface area contributed by atoms with Gasteiger partial charge in [0.1, 0.15) is 0 Å². The molecule has 4 nitrogen and oxygen atoms in total. The average Bonchev–Trinajstić information content (AvgIpc) is 3.05. The lowest BCUT2D eigenvalue weighted by atomic mass is 9.98. The molecule has 0 amide bonds. The van der Waals surface area contributed by atoms with Crippen LogP contribution in [-0.2, 0) is 11.2 Å². The molecule has 0 bridgehead atoms. The molecule has 3 rings (SSSR count). The molecule has 1 aromatic heterocycles. The van der Waals surface area contributed by atoms with E-state index in [2.05, 4.69) is 17.1 Å². The molecule has 19 heavy (non-hydrogen) atoms. The minimum absolute atomic E-state index is 0.380. The lowest BCUT2D eigenvalue weighted by molar-refractivity contribution is 0.121. The molecule has 0 radical (unpaired) electrons. The zero-order chi connectivity index (χ0) is 13.2. The monoisotopic (exact) mass is 281 g/mol. The van der Waals surface area contributed by atoms with Crippen LogP contribution < -0.4 is 10.2 Å². The first kappa shape index (κ1) is 13.3. The Labute approximate surface area is 119 Å². The highest BCUT2D eigenvalue weighted by Crippen LogP contribution is 2.37. The predicted molar refractivity (Wildman–Crippen MR) is 79.1 cm³/mol. The SMILES string of the molecule is CCNC1CCCc2sc(N3CCC(OC)C3)nc21. The number of methoxy groups -OCH3 is 1. The maximum absolute atomic E-state index is 5.45. The Kier molecular flexibility index (Phi) is 4.05. The van der Waals surface area contributed by atoms with E-state index in [-0.39, 0.29) is 0 Å². The third-order valence-electron chi connectivity index (χ3n) is 4.14. The molecule has 2 atom stereocenters. The topological polar surface area (TPSA) is 37.4 Å². The first-order valence-electron chi connectivity index (χ1n) is 7.32. The van der Waals surface area contributed by atoms with Gasteiger partial charge >= 0.3 is 0 Å². The number of aromatic nitrogens is 1. The van der Waals surface area contributed by atoms with Gasteiger partial charge in [-0.3, -0.25) is 0 Å². The van der Waals surface area contributed by atoms with Crippen LogP contribution in [0.3, 0.4) is 0 Å². The quantitative estimate of drug-likeness (QED) is 0.919. The highest BCUT2D eigenvalue weighted by atomic mass is 32.1. The second kappa shape index (κ2) is 5.77. The molecule has 2 aliphatic rings. The van der Waals surface area contributed by atoms with Crippen LogP contribution in [0.1, 0.15) is 42.8 Å². The number of hydrogen-bond acceptors (Lipinski definition) is 5. The number of fused-ring (bicyclic) bond motifs is 1. The molecule has 1 aliphatic heterocycles. The average molecular weight is 281 g/mol. The van der Waals surface area contributed by atoms with Gasteiger partial charge < -0.3 is 15.0 Å². The zero-order valence-electron chi connectivity index (χ0n) is 11.8. The van der Waals surface area contributed by atoms with E-state index in [1.807, 2.05) is 18.4 Å². The molecule has 106 valence electrons. The summed E-state index contributed by atoms with van der Waals surface area (Å²) in [5.41, 5.74) is 1.31. The van der Waals surface area contributed by atoms with Crippen LogP contribution in [0, 0.1) is 0 Å². The first-order valence-corrected chi connectivity index (χ1v) is 8.14. The van der Waals surface area contributed by atoms with Gasteiger partial charge in [-0.1, -0.05) is 6.92 Å². The van der Waals surface area contributed by atoms with E-state index in [1.54, 1.807) is 0 Å². The number of anilines is 1. The standard InChI is InChI=1S/C14H23N3OS/c1-3-15-11-5-4-6-12-13(11)16-14(19-12)17-8-7-10(9-17)18-2/h10-11,15H,3-9H2,1-2H3. The van der Waals surface area contributed by atoms with Gasteiger partial charge in [0.05, 0.1) is 17.8 Å². The van der Waals surface area contributed by atoms with E-state index >= 15 is 0 Å². The van der Waals surface area contributed by atoms with E-state index in [1.165, 1.54) is 35.0 Å². The van der Waals surface area contributed by atoms with Gasteiger partial charge in [-0.2, -0.15) is 0 Å². The molecule has 0 spiro atoms. The molecule has 1 aliphatic carbocycles. The smallest absolute Gasteiger partial charge is 0.185 e.